The van der Waals surface area contributed by atoms with Gasteiger partial charge >= 0.3 is 0 Å². The van der Waals surface area contributed by atoms with Crippen LogP contribution in [0, 0.1) is 13.8 Å². The van der Waals surface area contributed by atoms with Gasteiger partial charge in [-0.3, -0.25) is 13.9 Å². The molecule has 0 aliphatic rings. The van der Waals surface area contributed by atoms with E-state index in [4.69, 9.17) is 23.2 Å². The van der Waals surface area contributed by atoms with Gasteiger partial charge in [0.1, 0.15) is 12.6 Å². The minimum absolute atomic E-state index is 0.0520. The highest BCUT2D eigenvalue weighted by atomic mass is 35.5. The molecule has 0 aromatic heterocycles. The molecule has 0 saturated heterocycles. The number of hydrogen-bond acceptors (Lipinski definition) is 4. The van der Waals surface area contributed by atoms with Gasteiger partial charge in [-0.05, 0) is 62.6 Å². The second-order valence-electron chi connectivity index (χ2n) is 9.55. The van der Waals surface area contributed by atoms with Crippen molar-refractivity contribution in [2.24, 2.45) is 0 Å². The summed E-state index contributed by atoms with van der Waals surface area (Å²) in [6, 6.07) is 17.5. The zero-order valence-corrected chi connectivity index (χ0v) is 25.5. The third kappa shape index (κ3) is 7.36. The summed E-state index contributed by atoms with van der Waals surface area (Å²) in [4.78, 5) is 28.8. The van der Waals surface area contributed by atoms with Crippen molar-refractivity contribution in [3.05, 3.63) is 93.5 Å². The van der Waals surface area contributed by atoms with E-state index < -0.39 is 28.5 Å². The number of benzene rings is 3. The molecule has 0 saturated carbocycles. The molecule has 0 fully saturated rings. The third-order valence-electron chi connectivity index (χ3n) is 6.56. The monoisotopic (exact) mass is 603 g/mol. The van der Waals surface area contributed by atoms with Crippen molar-refractivity contribution in [3.63, 3.8) is 0 Å². The van der Waals surface area contributed by atoms with Crippen molar-refractivity contribution in [2.45, 2.75) is 58.0 Å². The lowest BCUT2D eigenvalue weighted by atomic mass is 10.1. The summed E-state index contributed by atoms with van der Waals surface area (Å²) >= 11 is 12.9. The van der Waals surface area contributed by atoms with Crippen LogP contribution < -0.4 is 9.62 Å². The summed E-state index contributed by atoms with van der Waals surface area (Å²) in [5.41, 5.74) is 2.51. The molecule has 0 bridgehead atoms. The number of halogens is 2. The number of anilines is 1. The van der Waals surface area contributed by atoms with E-state index in [0.717, 1.165) is 16.3 Å². The van der Waals surface area contributed by atoms with Crippen LogP contribution in [0.4, 0.5) is 5.69 Å². The topological polar surface area (TPSA) is 86.8 Å². The van der Waals surface area contributed by atoms with Crippen LogP contribution in [0.15, 0.2) is 71.6 Å². The van der Waals surface area contributed by atoms with Gasteiger partial charge in [0.2, 0.25) is 11.8 Å². The van der Waals surface area contributed by atoms with Gasteiger partial charge in [0, 0.05) is 28.7 Å². The molecule has 10 heteroatoms. The lowest BCUT2D eigenvalue weighted by molar-refractivity contribution is -0.140. The Bertz CT molecular complexity index is 1430. The summed E-state index contributed by atoms with van der Waals surface area (Å²) in [6.07, 6.45) is 1.03. The summed E-state index contributed by atoms with van der Waals surface area (Å²) in [7, 11) is -4.14. The van der Waals surface area contributed by atoms with E-state index in [1.807, 2.05) is 19.9 Å². The van der Waals surface area contributed by atoms with Crippen LogP contribution in [0.25, 0.3) is 0 Å². The number of hydrogen-bond donors (Lipinski definition) is 1. The van der Waals surface area contributed by atoms with Crippen molar-refractivity contribution in [1.29, 1.82) is 0 Å². The molecular formula is C30H35Cl2N3O4S. The van der Waals surface area contributed by atoms with Crippen molar-refractivity contribution in [3.8, 4) is 0 Å². The van der Waals surface area contributed by atoms with E-state index in [1.54, 1.807) is 62.4 Å². The summed E-state index contributed by atoms with van der Waals surface area (Å²) in [5.74, 6) is -0.890. The molecular weight excluding hydrogens is 569 g/mol. The Labute approximate surface area is 247 Å². The predicted octanol–water partition coefficient (Wildman–Crippen LogP) is 6.14. The average molecular weight is 605 g/mol. The minimum Gasteiger partial charge on any atom is -0.354 e. The molecule has 3 rings (SSSR count). The largest absolute Gasteiger partial charge is 0.354 e. The normalized spacial score (nSPS) is 12.1. The minimum atomic E-state index is -4.14. The molecule has 7 nitrogen and oxygen atoms in total. The maximum atomic E-state index is 14.1. The van der Waals surface area contributed by atoms with Gasteiger partial charge in [-0.25, -0.2) is 8.42 Å². The van der Waals surface area contributed by atoms with Crippen molar-refractivity contribution >= 4 is 50.7 Å². The summed E-state index contributed by atoms with van der Waals surface area (Å²) in [5, 5.41) is 3.55. The molecule has 0 spiro atoms. The fourth-order valence-corrected chi connectivity index (χ4v) is 6.47. The molecule has 0 aliphatic carbocycles. The zero-order valence-electron chi connectivity index (χ0n) is 23.2. The highest BCUT2D eigenvalue weighted by molar-refractivity contribution is 7.92. The summed E-state index contributed by atoms with van der Waals surface area (Å²) < 4.78 is 29.0. The quantitative estimate of drug-likeness (QED) is 0.269. The first-order valence-electron chi connectivity index (χ1n) is 13.2. The van der Waals surface area contributed by atoms with Gasteiger partial charge < -0.3 is 10.2 Å². The Morgan fingerprint density at radius 1 is 0.925 bits per heavy atom. The first-order valence-corrected chi connectivity index (χ1v) is 15.4. The highest BCUT2D eigenvalue weighted by Gasteiger charge is 2.34. The van der Waals surface area contributed by atoms with Crippen LogP contribution in [0.5, 0.6) is 0 Å². The second-order valence-corrected chi connectivity index (χ2v) is 12.2. The molecule has 1 N–H and O–H groups in total. The predicted molar refractivity (Wildman–Crippen MR) is 161 cm³/mol. The van der Waals surface area contributed by atoms with E-state index in [9.17, 15) is 18.0 Å². The van der Waals surface area contributed by atoms with Gasteiger partial charge in [-0.2, -0.15) is 0 Å². The number of nitrogens with zero attached hydrogens (tertiary/aromatic N) is 2. The van der Waals surface area contributed by atoms with Crippen LogP contribution in [0.1, 0.15) is 43.4 Å². The van der Waals surface area contributed by atoms with E-state index in [1.165, 1.54) is 17.0 Å². The van der Waals surface area contributed by atoms with E-state index >= 15 is 0 Å². The van der Waals surface area contributed by atoms with Crippen molar-refractivity contribution < 1.29 is 18.0 Å². The molecule has 3 aromatic carbocycles. The Balaban J connectivity index is 2.11. The van der Waals surface area contributed by atoms with E-state index in [2.05, 4.69) is 5.32 Å². The Morgan fingerprint density at radius 3 is 2.15 bits per heavy atom. The SMILES string of the molecule is CCCNC(=O)[C@H](CC)N(Cc1c(Cl)cccc1Cl)C(=O)CN(c1ccc(C)cc1C)S(=O)(=O)c1ccccc1. The van der Waals surface area contributed by atoms with Crippen LogP contribution in [0.2, 0.25) is 10.0 Å². The zero-order chi connectivity index (χ0) is 29.4. The van der Waals surface area contributed by atoms with Crippen molar-refractivity contribution in [1.82, 2.24) is 10.2 Å². The maximum Gasteiger partial charge on any atom is 0.264 e. The Morgan fingerprint density at radius 2 is 1.57 bits per heavy atom. The maximum absolute atomic E-state index is 14.1. The first-order chi connectivity index (χ1) is 19.0. The average Bonchev–Trinajstić information content (AvgIpc) is 2.92. The standard InChI is InChI=1S/C30H35Cl2N3O4S/c1-5-17-33-30(37)27(6-2)34(19-24-25(31)13-10-14-26(24)32)29(36)20-35(28-16-15-21(3)18-22(28)4)40(38,39)23-11-8-7-9-12-23/h7-16,18,27H,5-6,17,19-20H2,1-4H3,(H,33,37)/t27-/m0/s1. The van der Waals surface area contributed by atoms with E-state index in [0.29, 0.717) is 39.8 Å². The summed E-state index contributed by atoms with van der Waals surface area (Å²) in [6.45, 7) is 7.29. The number of aryl methyl sites for hydroxylation is 2. The second kappa shape index (κ2) is 14.0. The molecule has 0 radical (unpaired) electrons. The van der Waals surface area contributed by atoms with Gasteiger partial charge in [0.15, 0.2) is 0 Å². The van der Waals surface area contributed by atoms with Crippen LogP contribution in [-0.4, -0.2) is 44.3 Å². The lowest BCUT2D eigenvalue weighted by Gasteiger charge is -2.34. The van der Waals surface area contributed by atoms with Crippen molar-refractivity contribution in [2.75, 3.05) is 17.4 Å². The number of rotatable bonds is 12. The Kier molecular flexibility index (Phi) is 11.0. The molecule has 214 valence electrons. The third-order valence-corrected chi connectivity index (χ3v) is 9.04. The first kappa shape index (κ1) is 31.5. The van der Waals surface area contributed by atoms with Gasteiger partial charge in [-0.15, -0.1) is 0 Å². The Hall–Kier alpha value is -3.07. The molecule has 3 aromatic rings. The van der Waals surface area contributed by atoms with Gasteiger partial charge in [0.05, 0.1) is 10.6 Å². The number of amides is 2. The van der Waals surface area contributed by atoms with Gasteiger partial charge in [-0.1, -0.05) is 79.0 Å². The number of carbonyl (C=O) groups is 2. The molecule has 2 amide bonds. The molecule has 0 heterocycles. The smallest absolute Gasteiger partial charge is 0.264 e. The molecule has 0 unspecified atom stereocenters. The fraction of sp³-hybridized carbons (Fsp3) is 0.333. The molecule has 40 heavy (non-hydrogen) atoms. The molecule has 0 aliphatic heterocycles. The fourth-order valence-electron chi connectivity index (χ4n) is 4.46. The lowest BCUT2D eigenvalue weighted by Crippen LogP contribution is -2.52. The molecule has 1 atom stereocenters. The van der Waals surface area contributed by atoms with Crippen LogP contribution in [0.3, 0.4) is 0 Å². The number of nitrogens with one attached hydrogen (secondary N) is 1. The highest BCUT2D eigenvalue weighted by Crippen LogP contribution is 2.30. The van der Waals surface area contributed by atoms with Crippen LogP contribution in [-0.2, 0) is 26.2 Å². The number of sulfonamides is 1. The van der Waals surface area contributed by atoms with Crippen LogP contribution >= 0.6 is 23.2 Å². The van der Waals surface area contributed by atoms with Gasteiger partial charge in [0.25, 0.3) is 10.0 Å². The number of carbonyl (C=O) groups excluding carboxylic acids is 2. The van der Waals surface area contributed by atoms with E-state index in [-0.39, 0.29) is 17.3 Å².